The van der Waals surface area contributed by atoms with Gasteiger partial charge >= 0.3 is 37.7 Å². The van der Waals surface area contributed by atoms with Crippen LogP contribution in [0.2, 0.25) is 0 Å². The molecule has 6 rings (SSSR count). The summed E-state index contributed by atoms with van der Waals surface area (Å²) in [4.78, 5) is 24.2. The van der Waals surface area contributed by atoms with Gasteiger partial charge in [-0.05, 0) is 31.6 Å². The van der Waals surface area contributed by atoms with E-state index in [0.29, 0.717) is 6.42 Å². The molecule has 4 aliphatic heterocycles. The van der Waals surface area contributed by atoms with Crippen LogP contribution in [0.25, 0.3) is 0 Å². The Labute approximate surface area is 328 Å². The molecule has 0 unspecified atom stereocenters. The van der Waals surface area contributed by atoms with Crippen molar-refractivity contribution in [2.75, 3.05) is 33.9 Å². The second-order valence-corrected chi connectivity index (χ2v) is 13.6. The van der Waals surface area contributed by atoms with Gasteiger partial charge in [-0.15, -0.1) is 17.0 Å². The molecule has 5 aliphatic rings. The van der Waals surface area contributed by atoms with E-state index in [1.807, 2.05) is 12.1 Å². The average molecular weight is 829 g/mol. The zero-order valence-corrected chi connectivity index (χ0v) is 32.1. The summed E-state index contributed by atoms with van der Waals surface area (Å²) in [6, 6.07) is 4.16. The number of hydrogen-bond donors (Lipinski definition) is 8. The van der Waals surface area contributed by atoms with Crippen molar-refractivity contribution in [3.8, 4) is 11.5 Å². The fraction of sp³-hybridized carbons (Fsp3) is 0.724. The number of nitrogens with zero attached hydrogens (tertiary/aromatic N) is 1. The number of hydrogen-bond acceptors (Lipinski definition) is 18. The third-order valence-corrected chi connectivity index (χ3v) is 9.85. The molecule has 0 bridgehead atoms. The predicted molar refractivity (Wildman–Crippen MR) is 171 cm³/mol. The van der Waals surface area contributed by atoms with E-state index in [-0.39, 0.29) is 66.2 Å². The topological polar surface area (TPSA) is 284 Å². The van der Waals surface area contributed by atoms with Crippen molar-refractivity contribution in [3.05, 3.63) is 35.4 Å². The first-order chi connectivity index (χ1) is 22.6. The smallest absolute Gasteiger partial charge is 0.790 e. The summed E-state index contributed by atoms with van der Waals surface area (Å²) >= 11 is 0. The predicted octanol–water partition coefficient (Wildman–Crippen LogP) is -4.50. The van der Waals surface area contributed by atoms with Gasteiger partial charge in [-0.2, -0.15) is 0 Å². The van der Waals surface area contributed by atoms with Crippen LogP contribution < -0.4 is 19.3 Å². The van der Waals surface area contributed by atoms with Crippen molar-refractivity contribution < 1.29 is 83.4 Å². The van der Waals surface area contributed by atoms with E-state index in [4.69, 9.17) is 23.7 Å². The van der Waals surface area contributed by atoms with Crippen LogP contribution in [0.4, 0.5) is 0 Å². The number of halogens is 1. The number of benzene rings is 1. The first-order valence-electron chi connectivity index (χ1n) is 15.4. The van der Waals surface area contributed by atoms with E-state index in [9.17, 15) is 55.2 Å². The maximum Gasteiger partial charge on any atom is 2.00 e. The maximum absolute atomic E-state index is 10.9. The number of phosphoric acid groups is 1. The monoisotopic (exact) mass is 827 g/mol. The maximum atomic E-state index is 10.9. The Morgan fingerprint density at radius 3 is 2.26 bits per heavy atom. The van der Waals surface area contributed by atoms with E-state index in [1.165, 1.54) is 11.1 Å². The molecule has 2 saturated heterocycles. The van der Waals surface area contributed by atoms with E-state index in [2.05, 4.69) is 28.6 Å². The van der Waals surface area contributed by atoms with Crippen molar-refractivity contribution >= 4 is 62.5 Å². The van der Waals surface area contributed by atoms with Crippen molar-refractivity contribution in [2.45, 2.75) is 98.4 Å². The van der Waals surface area contributed by atoms with Gasteiger partial charge in [0.2, 0.25) is 0 Å². The van der Waals surface area contributed by atoms with Crippen LogP contribution in [-0.4, -0.2) is 191 Å². The minimum atomic E-state index is -5.70. The van der Waals surface area contributed by atoms with E-state index >= 15 is 0 Å². The van der Waals surface area contributed by atoms with Gasteiger partial charge in [0.05, 0.1) is 39.7 Å². The molecule has 1 spiro atoms. The molecular weight excluding hydrogens is 785 g/mol. The first kappa shape index (κ1) is 44.3. The number of methoxy groups -OCH3 is 1. The molecule has 1 aromatic rings. The molecule has 50 heavy (non-hydrogen) atoms. The van der Waals surface area contributed by atoms with Gasteiger partial charge in [0.25, 0.3) is 0 Å². The quantitative estimate of drug-likeness (QED) is 0.0731. The van der Waals surface area contributed by atoms with Crippen LogP contribution in [0.1, 0.15) is 24.0 Å². The Bertz CT molecular complexity index is 1360. The fourth-order valence-corrected chi connectivity index (χ4v) is 7.42. The summed E-state index contributed by atoms with van der Waals surface area (Å²) in [7, 11) is -1.86. The zero-order chi connectivity index (χ0) is 35.1. The molecule has 280 valence electrons. The summed E-state index contributed by atoms with van der Waals surface area (Å²) in [5, 5.41) is 77.4. The summed E-state index contributed by atoms with van der Waals surface area (Å²) in [5.41, 5.74) is 2.48. The standard InChI is InChI=1S/C17H21NO3.C12H23O14P.BrH.Ca/c1-18-8-7-17-6-5-12(19)9-14(17)21-16-13(20-2)4-3-11(10-18)15(16)17;13-1-3-5(15)6(16)10(26-27(20,21)22)12(24-3)25-9-4(2-14)23-11(19)8(18)7(9)17;;/h3-6,12,14,19H,7-10H2,1-2H3;3-19H,1-2H2,(H2,20,21,22);1H;/q;;;+2/p-2/t12-,14-,17-;3-,4-,5+,6+,7-,8-,9-,10-,11-,12+;;/m01../s1. The largest absolute Gasteiger partial charge is 2.00 e. The van der Waals surface area contributed by atoms with Gasteiger partial charge in [-0.25, -0.2) is 0 Å². The second-order valence-electron chi connectivity index (χ2n) is 12.5. The molecular formula is C29H43BrCaNO17P. The van der Waals surface area contributed by atoms with Crippen molar-refractivity contribution in [1.82, 2.24) is 4.90 Å². The minimum Gasteiger partial charge on any atom is -0.790 e. The Morgan fingerprint density at radius 1 is 0.980 bits per heavy atom. The summed E-state index contributed by atoms with van der Waals surface area (Å²) in [6.45, 7) is 0.295. The molecule has 0 radical (unpaired) electrons. The van der Waals surface area contributed by atoms with Gasteiger partial charge in [0.1, 0.15) is 54.9 Å². The van der Waals surface area contributed by atoms with Gasteiger partial charge in [0, 0.05) is 18.5 Å². The van der Waals surface area contributed by atoms with Crippen LogP contribution in [0.5, 0.6) is 11.5 Å². The van der Waals surface area contributed by atoms with Crippen LogP contribution in [0.15, 0.2) is 24.3 Å². The van der Waals surface area contributed by atoms with Crippen LogP contribution >= 0.6 is 24.8 Å². The van der Waals surface area contributed by atoms with E-state index in [0.717, 1.165) is 31.0 Å². The molecule has 18 nitrogen and oxygen atoms in total. The number of rotatable bonds is 7. The van der Waals surface area contributed by atoms with Crippen molar-refractivity contribution in [1.29, 1.82) is 0 Å². The third-order valence-electron chi connectivity index (χ3n) is 9.35. The van der Waals surface area contributed by atoms with E-state index in [1.54, 1.807) is 7.11 Å². The molecule has 0 amide bonds. The van der Waals surface area contributed by atoms with Crippen LogP contribution in [0, 0.1) is 0 Å². The number of aliphatic hydroxyl groups is 8. The van der Waals surface area contributed by atoms with Crippen LogP contribution in [-0.2, 0) is 35.3 Å². The number of phosphoric ester groups is 1. The Morgan fingerprint density at radius 2 is 1.64 bits per heavy atom. The van der Waals surface area contributed by atoms with Gasteiger partial charge in [-0.3, -0.25) is 0 Å². The second kappa shape index (κ2) is 18.0. The SMILES string of the molecule is Br.COc1ccc2c3c1O[C@H]1C[C@@H](O)C=C[C@@]31CCN(C)C2.O=P([O-])([O-])O[C@H]1[C@H](O[C@H]2[C@H](O)[C@@H](O)[C@H](O)O[C@@H]2CO)O[C@H](CO)[C@H](O)[C@@H]1O.[Ca+2]. The molecule has 2 fully saturated rings. The van der Waals surface area contributed by atoms with Gasteiger partial charge in [-0.1, -0.05) is 18.2 Å². The van der Waals surface area contributed by atoms with Crippen LogP contribution in [0.3, 0.4) is 0 Å². The normalized spacial score (nSPS) is 39.3. The fourth-order valence-electron chi connectivity index (χ4n) is 6.89. The third kappa shape index (κ3) is 9.06. The molecule has 4 heterocycles. The minimum absolute atomic E-state index is 0. The van der Waals surface area contributed by atoms with Gasteiger partial charge < -0.3 is 88.3 Å². The first-order valence-corrected chi connectivity index (χ1v) is 16.8. The molecule has 1 aliphatic carbocycles. The van der Waals surface area contributed by atoms with Gasteiger partial charge in [0.15, 0.2) is 24.1 Å². The Hall–Kier alpha value is -0.0703. The molecule has 13 atom stereocenters. The summed E-state index contributed by atoms with van der Waals surface area (Å²) in [5.74, 6) is 1.68. The summed E-state index contributed by atoms with van der Waals surface area (Å²) in [6.07, 6.45) is -12.7. The van der Waals surface area contributed by atoms with Crippen molar-refractivity contribution in [2.24, 2.45) is 0 Å². The number of aliphatic hydroxyl groups excluding tert-OH is 8. The number of ether oxygens (including phenoxy) is 5. The van der Waals surface area contributed by atoms with E-state index < -0.39 is 88.6 Å². The Kier molecular flexibility index (Phi) is 16.0. The molecule has 8 N–H and O–H groups in total. The summed E-state index contributed by atoms with van der Waals surface area (Å²) < 4.78 is 42.0. The zero-order valence-electron chi connectivity index (χ0n) is 27.2. The molecule has 0 aromatic heterocycles. The molecule has 0 saturated carbocycles. The molecule has 1 aromatic carbocycles. The molecule has 21 heteroatoms. The van der Waals surface area contributed by atoms with Crippen molar-refractivity contribution in [3.63, 3.8) is 0 Å². The Balaban J connectivity index is 0.000000266. The average Bonchev–Trinajstić information content (AvgIpc) is 3.30.